The molecule has 0 atom stereocenters. The fourth-order valence-corrected chi connectivity index (χ4v) is 1.78. The molecule has 0 aliphatic carbocycles. The summed E-state index contributed by atoms with van der Waals surface area (Å²) in [6, 6.07) is 5.62. The minimum atomic E-state index is -4.17. The Labute approximate surface area is 119 Å². The maximum absolute atomic E-state index is 12.8. The van der Waals surface area contributed by atoms with E-state index in [-0.39, 0.29) is 18.9 Å². The van der Waals surface area contributed by atoms with Crippen molar-refractivity contribution in [2.45, 2.75) is 19.1 Å². The van der Waals surface area contributed by atoms with Crippen LogP contribution in [0.4, 0.5) is 17.6 Å². The van der Waals surface area contributed by atoms with Gasteiger partial charge in [-0.2, -0.15) is 13.2 Å². The number of hydrogen-bond donors (Lipinski definition) is 0. The summed E-state index contributed by atoms with van der Waals surface area (Å²) in [7, 11) is 1.58. The number of halogens is 4. The van der Waals surface area contributed by atoms with E-state index in [2.05, 4.69) is 4.98 Å². The van der Waals surface area contributed by atoms with Gasteiger partial charge in [-0.05, 0) is 31.3 Å². The van der Waals surface area contributed by atoms with Crippen molar-refractivity contribution in [1.82, 2.24) is 9.88 Å². The van der Waals surface area contributed by atoms with Crippen LogP contribution >= 0.6 is 0 Å². The standard InChI is InChI=1S/C14H14F4N2O/c1-20(7-6-14(16,17)18)8-12-9-21-13(19-12)10-2-4-11(15)5-3-10/h2-5,9H,6-8H2,1H3. The van der Waals surface area contributed by atoms with Gasteiger partial charge in [-0.25, -0.2) is 9.37 Å². The molecule has 0 aliphatic rings. The molecule has 21 heavy (non-hydrogen) atoms. The molecule has 7 heteroatoms. The van der Waals surface area contributed by atoms with Gasteiger partial charge in [-0.3, -0.25) is 0 Å². The number of hydrogen-bond acceptors (Lipinski definition) is 3. The van der Waals surface area contributed by atoms with Gasteiger partial charge in [-0.15, -0.1) is 0 Å². The zero-order valence-electron chi connectivity index (χ0n) is 11.3. The summed E-state index contributed by atoms with van der Waals surface area (Å²) in [5.74, 6) is -0.0494. The zero-order chi connectivity index (χ0) is 15.5. The average Bonchev–Trinajstić information content (AvgIpc) is 2.85. The average molecular weight is 302 g/mol. The van der Waals surface area contributed by atoms with E-state index in [1.54, 1.807) is 7.05 Å². The minimum absolute atomic E-state index is 0.109. The Morgan fingerprint density at radius 3 is 2.48 bits per heavy atom. The van der Waals surface area contributed by atoms with E-state index in [0.29, 0.717) is 17.1 Å². The molecule has 1 aromatic heterocycles. The van der Waals surface area contributed by atoms with Gasteiger partial charge >= 0.3 is 6.18 Å². The van der Waals surface area contributed by atoms with Gasteiger partial charge in [0.05, 0.1) is 12.1 Å². The Balaban J connectivity index is 1.95. The fourth-order valence-electron chi connectivity index (χ4n) is 1.78. The summed E-state index contributed by atoms with van der Waals surface area (Å²) in [4.78, 5) is 5.70. The van der Waals surface area contributed by atoms with Crippen molar-refractivity contribution in [3.8, 4) is 11.5 Å². The maximum atomic E-state index is 12.8. The molecule has 0 radical (unpaired) electrons. The number of oxazole rings is 1. The van der Waals surface area contributed by atoms with Crippen molar-refractivity contribution < 1.29 is 22.0 Å². The van der Waals surface area contributed by atoms with Crippen LogP contribution in [-0.2, 0) is 6.54 Å². The topological polar surface area (TPSA) is 29.3 Å². The van der Waals surface area contributed by atoms with Gasteiger partial charge in [0.1, 0.15) is 12.1 Å². The Bertz CT molecular complexity index is 577. The van der Waals surface area contributed by atoms with Crippen LogP contribution in [0.5, 0.6) is 0 Å². The van der Waals surface area contributed by atoms with Crippen LogP contribution in [0.1, 0.15) is 12.1 Å². The second-order valence-corrected chi connectivity index (χ2v) is 4.75. The normalized spacial score (nSPS) is 12.1. The van der Waals surface area contributed by atoms with Crippen LogP contribution in [0.3, 0.4) is 0 Å². The van der Waals surface area contributed by atoms with E-state index in [1.165, 1.54) is 35.4 Å². The predicted molar refractivity (Wildman–Crippen MR) is 68.9 cm³/mol. The zero-order valence-corrected chi connectivity index (χ0v) is 11.3. The lowest BCUT2D eigenvalue weighted by molar-refractivity contribution is -0.137. The monoisotopic (exact) mass is 302 g/mol. The van der Waals surface area contributed by atoms with Crippen LogP contribution in [0.2, 0.25) is 0 Å². The van der Waals surface area contributed by atoms with E-state index < -0.39 is 12.6 Å². The van der Waals surface area contributed by atoms with Crippen molar-refractivity contribution >= 4 is 0 Å². The van der Waals surface area contributed by atoms with E-state index in [1.807, 2.05) is 0 Å². The molecule has 0 aliphatic heterocycles. The molecule has 2 rings (SSSR count). The summed E-state index contributed by atoms with van der Waals surface area (Å²) in [5.41, 5.74) is 1.14. The first-order valence-corrected chi connectivity index (χ1v) is 6.29. The Morgan fingerprint density at radius 2 is 1.86 bits per heavy atom. The van der Waals surface area contributed by atoms with Gasteiger partial charge in [0.25, 0.3) is 0 Å². The molecule has 1 aromatic carbocycles. The summed E-state index contributed by atoms with van der Waals surface area (Å²) in [6.45, 7) is 0.142. The molecule has 0 spiro atoms. The van der Waals surface area contributed by atoms with Crippen molar-refractivity contribution in [3.05, 3.63) is 42.0 Å². The molecule has 3 nitrogen and oxygen atoms in total. The van der Waals surface area contributed by atoms with Gasteiger partial charge in [-0.1, -0.05) is 0 Å². The number of rotatable bonds is 5. The van der Waals surface area contributed by atoms with Crippen LogP contribution < -0.4 is 0 Å². The number of aromatic nitrogens is 1. The van der Waals surface area contributed by atoms with E-state index >= 15 is 0 Å². The fraction of sp³-hybridized carbons (Fsp3) is 0.357. The highest BCUT2D eigenvalue weighted by Gasteiger charge is 2.27. The number of benzene rings is 1. The maximum Gasteiger partial charge on any atom is 0.390 e. The lowest BCUT2D eigenvalue weighted by atomic mass is 10.2. The van der Waals surface area contributed by atoms with Crippen LogP contribution in [0.25, 0.3) is 11.5 Å². The molecule has 0 amide bonds. The molecule has 0 bridgehead atoms. The van der Waals surface area contributed by atoms with Crippen molar-refractivity contribution in [1.29, 1.82) is 0 Å². The highest BCUT2D eigenvalue weighted by Crippen LogP contribution is 2.21. The third-order valence-corrected chi connectivity index (χ3v) is 2.85. The smallest absolute Gasteiger partial charge is 0.390 e. The third kappa shape index (κ3) is 4.86. The van der Waals surface area contributed by atoms with Gasteiger partial charge in [0.2, 0.25) is 5.89 Å². The van der Waals surface area contributed by atoms with E-state index in [0.717, 1.165) is 0 Å². The molecular formula is C14H14F4N2O. The lowest BCUT2D eigenvalue weighted by Gasteiger charge is -2.15. The summed E-state index contributed by atoms with van der Waals surface area (Å²) < 4.78 is 54.4. The molecule has 0 saturated carbocycles. The Hall–Kier alpha value is -1.89. The second-order valence-electron chi connectivity index (χ2n) is 4.75. The largest absolute Gasteiger partial charge is 0.444 e. The lowest BCUT2D eigenvalue weighted by Crippen LogP contribution is -2.24. The van der Waals surface area contributed by atoms with Crippen molar-refractivity contribution in [3.63, 3.8) is 0 Å². The molecule has 0 N–H and O–H groups in total. The van der Waals surface area contributed by atoms with Crippen LogP contribution in [0, 0.1) is 5.82 Å². The van der Waals surface area contributed by atoms with Gasteiger partial charge < -0.3 is 9.32 Å². The second kappa shape index (κ2) is 6.26. The molecule has 0 fully saturated rings. The Kier molecular flexibility index (Phi) is 4.62. The van der Waals surface area contributed by atoms with Crippen LogP contribution in [-0.4, -0.2) is 29.7 Å². The summed E-state index contributed by atoms with van der Waals surface area (Å²) in [6.07, 6.45) is -3.65. The van der Waals surface area contributed by atoms with Gasteiger partial charge in [0.15, 0.2) is 0 Å². The quantitative estimate of drug-likeness (QED) is 0.785. The number of alkyl halides is 3. The highest BCUT2D eigenvalue weighted by molar-refractivity contribution is 5.52. The Morgan fingerprint density at radius 1 is 1.19 bits per heavy atom. The van der Waals surface area contributed by atoms with Gasteiger partial charge in [0, 0.05) is 18.7 Å². The predicted octanol–water partition coefficient (Wildman–Crippen LogP) is 3.86. The first-order valence-electron chi connectivity index (χ1n) is 6.29. The van der Waals surface area contributed by atoms with Crippen molar-refractivity contribution in [2.75, 3.05) is 13.6 Å². The van der Waals surface area contributed by atoms with E-state index in [4.69, 9.17) is 4.42 Å². The van der Waals surface area contributed by atoms with E-state index in [9.17, 15) is 17.6 Å². The third-order valence-electron chi connectivity index (χ3n) is 2.85. The first-order chi connectivity index (χ1) is 9.83. The summed E-state index contributed by atoms with van der Waals surface area (Å²) in [5, 5.41) is 0. The SMILES string of the molecule is CN(CCC(F)(F)F)Cc1coc(-c2ccc(F)cc2)n1. The van der Waals surface area contributed by atoms with Crippen molar-refractivity contribution in [2.24, 2.45) is 0 Å². The first kappa shape index (κ1) is 15.5. The minimum Gasteiger partial charge on any atom is -0.444 e. The molecule has 1 heterocycles. The number of nitrogens with zero attached hydrogens (tertiary/aromatic N) is 2. The van der Waals surface area contributed by atoms with Crippen LogP contribution in [0.15, 0.2) is 34.9 Å². The summed E-state index contributed by atoms with van der Waals surface area (Å²) >= 11 is 0. The molecule has 2 aromatic rings. The molecular weight excluding hydrogens is 288 g/mol. The molecule has 114 valence electrons. The highest BCUT2D eigenvalue weighted by atomic mass is 19.4. The molecule has 0 unspecified atom stereocenters. The molecule has 0 saturated heterocycles.